The maximum Gasteiger partial charge on any atom is 0.243 e. The number of halogens is 2. The molecule has 1 unspecified atom stereocenters. The first-order valence-electron chi connectivity index (χ1n) is 11.1. The highest BCUT2D eigenvalue weighted by Gasteiger charge is 2.41. The smallest absolute Gasteiger partial charge is 0.243 e. The number of nitrogens with zero attached hydrogens (tertiary/aromatic N) is 4. The molecule has 34 heavy (non-hydrogen) atoms. The van der Waals surface area contributed by atoms with Crippen molar-refractivity contribution >= 4 is 65.8 Å². The molecule has 3 aromatic rings. The fourth-order valence-electron chi connectivity index (χ4n) is 4.57. The highest BCUT2D eigenvalue weighted by atomic mass is 35.5. The number of aryl methyl sites for hydroxylation is 1. The molecule has 0 saturated carbocycles. The van der Waals surface area contributed by atoms with E-state index in [1.54, 1.807) is 28.4 Å². The van der Waals surface area contributed by atoms with Gasteiger partial charge in [-0.3, -0.25) is 4.79 Å². The number of rotatable bonds is 4. The normalized spacial score (nSPS) is 19.8. The van der Waals surface area contributed by atoms with Gasteiger partial charge in [0, 0.05) is 42.8 Å². The van der Waals surface area contributed by atoms with Crippen molar-refractivity contribution in [1.82, 2.24) is 14.2 Å². The molecule has 2 aromatic carbocycles. The summed E-state index contributed by atoms with van der Waals surface area (Å²) in [5, 5.41) is 2.09. The van der Waals surface area contributed by atoms with Gasteiger partial charge in [0.25, 0.3) is 0 Å². The van der Waals surface area contributed by atoms with Gasteiger partial charge >= 0.3 is 0 Å². The predicted molar refractivity (Wildman–Crippen MR) is 137 cm³/mol. The molecular weight excluding hydrogens is 515 g/mol. The van der Waals surface area contributed by atoms with E-state index in [9.17, 15) is 13.2 Å². The Hall–Kier alpha value is -1.91. The van der Waals surface area contributed by atoms with Crippen LogP contribution in [-0.4, -0.2) is 67.3 Å². The molecule has 2 fully saturated rings. The van der Waals surface area contributed by atoms with Crippen molar-refractivity contribution in [1.29, 1.82) is 0 Å². The second-order valence-corrected chi connectivity index (χ2v) is 12.3. The van der Waals surface area contributed by atoms with Crippen molar-refractivity contribution in [2.75, 3.05) is 37.6 Å². The van der Waals surface area contributed by atoms with E-state index in [4.69, 9.17) is 28.2 Å². The number of thiazole rings is 1. The number of carbonyl (C=O) groups excluding carboxylic acids is 1. The second-order valence-electron chi connectivity index (χ2n) is 8.56. The van der Waals surface area contributed by atoms with Crippen LogP contribution in [-0.2, 0) is 14.8 Å². The van der Waals surface area contributed by atoms with Gasteiger partial charge in [0.15, 0.2) is 5.13 Å². The number of piperazine rings is 1. The van der Waals surface area contributed by atoms with Crippen LogP contribution in [0.3, 0.4) is 0 Å². The first kappa shape index (κ1) is 23.8. The number of sulfonamides is 1. The molecule has 0 radical (unpaired) electrons. The minimum absolute atomic E-state index is 0.124. The SMILES string of the molecule is Cc1c(Cl)ccc2sc(N3CCN(C(=O)C4CCCN4S(=O)(=O)c4ccc(Cl)cc4)CC3)nc12. The monoisotopic (exact) mass is 538 g/mol. The first-order chi connectivity index (χ1) is 16.3. The van der Waals surface area contributed by atoms with Crippen LogP contribution in [0.5, 0.6) is 0 Å². The van der Waals surface area contributed by atoms with Crippen LogP contribution in [0.4, 0.5) is 5.13 Å². The van der Waals surface area contributed by atoms with E-state index in [0.717, 1.165) is 20.9 Å². The molecule has 11 heteroatoms. The number of anilines is 1. The molecule has 1 amide bonds. The summed E-state index contributed by atoms with van der Waals surface area (Å²) < 4.78 is 28.8. The van der Waals surface area contributed by atoms with Crippen LogP contribution >= 0.6 is 34.5 Å². The zero-order valence-electron chi connectivity index (χ0n) is 18.6. The van der Waals surface area contributed by atoms with Crippen molar-refractivity contribution in [2.45, 2.75) is 30.7 Å². The summed E-state index contributed by atoms with van der Waals surface area (Å²) in [4.78, 5) is 22.3. The molecule has 7 nitrogen and oxygen atoms in total. The molecule has 180 valence electrons. The fraction of sp³-hybridized carbons (Fsp3) is 0.391. The van der Waals surface area contributed by atoms with Crippen molar-refractivity contribution in [3.8, 4) is 0 Å². The Morgan fingerprint density at radius 2 is 1.74 bits per heavy atom. The van der Waals surface area contributed by atoms with Gasteiger partial charge in [-0.25, -0.2) is 13.4 Å². The molecule has 2 saturated heterocycles. The summed E-state index contributed by atoms with van der Waals surface area (Å²) in [5.74, 6) is -0.124. The van der Waals surface area contributed by atoms with Crippen LogP contribution in [0.15, 0.2) is 41.3 Å². The summed E-state index contributed by atoms with van der Waals surface area (Å²) in [6.07, 6.45) is 1.20. The van der Waals surface area contributed by atoms with Gasteiger partial charge in [0.2, 0.25) is 15.9 Å². The lowest BCUT2D eigenvalue weighted by Gasteiger charge is -2.37. The Labute approximate surface area is 212 Å². The maximum atomic E-state index is 13.4. The van der Waals surface area contributed by atoms with Crippen molar-refractivity contribution in [3.05, 3.63) is 52.0 Å². The van der Waals surface area contributed by atoms with Crippen molar-refractivity contribution in [3.63, 3.8) is 0 Å². The predicted octanol–water partition coefficient (Wildman–Crippen LogP) is 4.41. The number of aromatic nitrogens is 1. The molecule has 5 rings (SSSR count). The zero-order chi connectivity index (χ0) is 24.0. The lowest BCUT2D eigenvalue weighted by atomic mass is 10.2. The third-order valence-electron chi connectivity index (χ3n) is 6.51. The molecule has 1 aromatic heterocycles. The van der Waals surface area contributed by atoms with Gasteiger partial charge in [-0.1, -0.05) is 34.5 Å². The summed E-state index contributed by atoms with van der Waals surface area (Å²) >= 11 is 13.8. The molecular formula is C23H24Cl2N4O3S2. The second kappa shape index (κ2) is 9.28. The molecule has 0 bridgehead atoms. The van der Waals surface area contributed by atoms with Crippen molar-refractivity contribution < 1.29 is 13.2 Å². The zero-order valence-corrected chi connectivity index (χ0v) is 21.7. The van der Waals surface area contributed by atoms with Gasteiger partial charge in [-0.05, 0) is 61.7 Å². The van der Waals surface area contributed by atoms with E-state index >= 15 is 0 Å². The summed E-state index contributed by atoms with van der Waals surface area (Å²) in [6, 6.07) is 9.30. The first-order valence-corrected chi connectivity index (χ1v) is 14.1. The van der Waals surface area contributed by atoms with Crippen LogP contribution in [0.1, 0.15) is 18.4 Å². The van der Waals surface area contributed by atoms with Gasteiger partial charge in [0.1, 0.15) is 6.04 Å². The van der Waals surface area contributed by atoms with E-state index in [-0.39, 0.29) is 10.8 Å². The number of fused-ring (bicyclic) bond motifs is 1. The number of hydrogen-bond acceptors (Lipinski definition) is 6. The average Bonchev–Trinajstić information content (AvgIpc) is 3.50. The van der Waals surface area contributed by atoms with Gasteiger partial charge < -0.3 is 9.80 Å². The van der Waals surface area contributed by atoms with Gasteiger partial charge in [-0.2, -0.15) is 4.31 Å². The Kier molecular flexibility index (Phi) is 6.50. The average molecular weight is 540 g/mol. The third-order valence-corrected chi connectivity index (χ3v) is 10.2. The summed E-state index contributed by atoms with van der Waals surface area (Å²) in [6.45, 7) is 4.66. The lowest BCUT2D eigenvalue weighted by molar-refractivity contribution is -0.134. The molecule has 1 atom stereocenters. The standard InChI is InChI=1S/C23H24Cl2N4O3S2/c1-15-18(25)8-9-20-21(15)26-23(33-20)28-13-11-27(12-14-28)22(30)19-3-2-10-29(19)34(31,32)17-6-4-16(24)5-7-17/h4-9,19H,2-3,10-14H2,1H3. The number of amides is 1. The van der Waals surface area contributed by atoms with Crippen LogP contribution in [0.25, 0.3) is 10.2 Å². The maximum absolute atomic E-state index is 13.4. The van der Waals surface area contributed by atoms with E-state index < -0.39 is 16.1 Å². The number of benzene rings is 2. The highest BCUT2D eigenvalue weighted by Crippen LogP contribution is 2.34. The molecule has 0 N–H and O–H groups in total. The third kappa shape index (κ3) is 4.28. The van der Waals surface area contributed by atoms with E-state index in [0.29, 0.717) is 55.6 Å². The molecule has 3 heterocycles. The van der Waals surface area contributed by atoms with E-state index in [2.05, 4.69) is 4.90 Å². The Balaban J connectivity index is 1.28. The van der Waals surface area contributed by atoms with Crippen LogP contribution in [0, 0.1) is 6.92 Å². The topological polar surface area (TPSA) is 73.8 Å². The van der Waals surface area contributed by atoms with Gasteiger partial charge in [-0.15, -0.1) is 0 Å². The minimum atomic E-state index is -3.77. The molecule has 2 aliphatic heterocycles. The number of hydrogen-bond donors (Lipinski definition) is 0. The van der Waals surface area contributed by atoms with E-state index in [1.165, 1.54) is 16.4 Å². The highest BCUT2D eigenvalue weighted by molar-refractivity contribution is 7.89. The minimum Gasteiger partial charge on any atom is -0.345 e. The quantitative estimate of drug-likeness (QED) is 0.491. The number of carbonyl (C=O) groups is 1. The largest absolute Gasteiger partial charge is 0.345 e. The Morgan fingerprint density at radius 3 is 2.44 bits per heavy atom. The van der Waals surface area contributed by atoms with E-state index in [1.807, 2.05) is 19.1 Å². The van der Waals surface area contributed by atoms with Crippen LogP contribution < -0.4 is 4.90 Å². The summed E-state index contributed by atoms with van der Waals surface area (Å²) in [5.41, 5.74) is 1.89. The summed E-state index contributed by atoms with van der Waals surface area (Å²) in [7, 11) is -3.77. The molecule has 0 spiro atoms. The van der Waals surface area contributed by atoms with Crippen LogP contribution in [0.2, 0.25) is 10.0 Å². The van der Waals surface area contributed by atoms with Crippen molar-refractivity contribution in [2.24, 2.45) is 0 Å². The van der Waals surface area contributed by atoms with Gasteiger partial charge in [0.05, 0.1) is 15.1 Å². The fourth-order valence-corrected chi connectivity index (χ4v) is 7.58. The molecule has 2 aliphatic rings. The molecule has 0 aliphatic carbocycles. The Morgan fingerprint density at radius 1 is 1.03 bits per heavy atom. The lowest BCUT2D eigenvalue weighted by Crippen LogP contribution is -2.54. The Bertz CT molecular complexity index is 1340.